The predicted molar refractivity (Wildman–Crippen MR) is 108 cm³/mol. The molecule has 0 radical (unpaired) electrons. The van der Waals surface area contributed by atoms with Gasteiger partial charge < -0.3 is 5.32 Å². The maximum Gasteiger partial charge on any atom is 0.346 e. The van der Waals surface area contributed by atoms with Gasteiger partial charge in [0.1, 0.15) is 5.69 Å². The largest absolute Gasteiger partial charge is 0.353 e. The Balaban J connectivity index is 1.46. The van der Waals surface area contributed by atoms with E-state index in [2.05, 4.69) is 21.5 Å². The molecule has 0 atom stereocenters. The molecule has 0 aliphatic heterocycles. The van der Waals surface area contributed by atoms with E-state index in [1.165, 1.54) is 9.25 Å². The molecule has 146 valence electrons. The van der Waals surface area contributed by atoms with Crippen molar-refractivity contribution in [3.8, 4) is 11.5 Å². The molecule has 3 heterocycles. The Labute approximate surface area is 167 Å². The van der Waals surface area contributed by atoms with Gasteiger partial charge in [0.05, 0.1) is 12.0 Å². The number of amides is 1. The highest BCUT2D eigenvalue weighted by molar-refractivity contribution is 7.10. The van der Waals surface area contributed by atoms with E-state index in [1.54, 1.807) is 24.6 Å². The molecule has 0 bridgehead atoms. The number of pyridine rings is 1. The maximum atomic E-state index is 13.0. The number of thiophene rings is 1. The van der Waals surface area contributed by atoms with Gasteiger partial charge in [-0.15, -0.1) is 16.4 Å². The Morgan fingerprint density at radius 2 is 2.07 bits per heavy atom. The molecule has 0 aromatic carbocycles. The molecule has 0 saturated heterocycles. The molecule has 1 N–H and O–H groups in total. The van der Waals surface area contributed by atoms with Crippen LogP contribution in [-0.4, -0.2) is 31.8 Å². The van der Waals surface area contributed by atoms with Crippen LogP contribution in [0.3, 0.4) is 0 Å². The first-order valence-electron chi connectivity index (χ1n) is 9.49. The number of carbonyl (C=O) groups is 1. The summed E-state index contributed by atoms with van der Waals surface area (Å²) < 4.78 is 2.87. The number of rotatable bonds is 6. The number of aromatic nitrogens is 4. The minimum atomic E-state index is -0.414. The van der Waals surface area contributed by atoms with Crippen molar-refractivity contribution < 1.29 is 4.79 Å². The molecule has 3 aromatic rings. The second-order valence-corrected chi connectivity index (χ2v) is 8.07. The first-order valence-corrected chi connectivity index (χ1v) is 10.4. The highest BCUT2D eigenvalue weighted by Gasteiger charge is 2.43. The third-order valence-electron chi connectivity index (χ3n) is 5.43. The van der Waals surface area contributed by atoms with Crippen molar-refractivity contribution >= 4 is 17.2 Å². The highest BCUT2D eigenvalue weighted by atomic mass is 32.1. The molecule has 4 rings (SSSR count). The maximum absolute atomic E-state index is 13.0. The van der Waals surface area contributed by atoms with Crippen LogP contribution in [0.2, 0.25) is 0 Å². The summed E-state index contributed by atoms with van der Waals surface area (Å²) in [7, 11) is 1.68. The molecule has 1 amide bonds. The summed E-state index contributed by atoms with van der Waals surface area (Å²) in [5, 5.41) is 9.46. The lowest BCUT2D eigenvalue weighted by atomic mass is 9.83. The summed E-state index contributed by atoms with van der Waals surface area (Å²) >= 11 is 1.64. The Kier molecular flexibility index (Phi) is 5.13. The van der Waals surface area contributed by atoms with E-state index in [1.807, 2.05) is 29.6 Å². The average Bonchev–Trinajstić information content (AvgIpc) is 3.46. The quantitative estimate of drug-likeness (QED) is 0.692. The molecular weight excluding hydrogens is 374 g/mol. The Morgan fingerprint density at radius 1 is 1.25 bits per heavy atom. The van der Waals surface area contributed by atoms with Crippen LogP contribution in [0.15, 0.2) is 46.7 Å². The number of hydrogen-bond acceptors (Lipinski definition) is 5. The van der Waals surface area contributed by atoms with Crippen LogP contribution in [-0.2, 0) is 23.8 Å². The van der Waals surface area contributed by atoms with Crippen LogP contribution in [0.5, 0.6) is 0 Å². The van der Waals surface area contributed by atoms with Crippen molar-refractivity contribution in [2.24, 2.45) is 7.05 Å². The normalized spacial score (nSPS) is 15.6. The van der Waals surface area contributed by atoms with Gasteiger partial charge >= 0.3 is 5.69 Å². The van der Waals surface area contributed by atoms with E-state index in [9.17, 15) is 9.59 Å². The lowest BCUT2D eigenvalue weighted by Gasteiger charge is -2.26. The average molecular weight is 398 g/mol. The Hall–Kier alpha value is -2.74. The zero-order chi connectivity index (χ0) is 19.6. The van der Waals surface area contributed by atoms with E-state index in [0.717, 1.165) is 30.6 Å². The van der Waals surface area contributed by atoms with Gasteiger partial charge in [-0.3, -0.25) is 14.3 Å². The molecule has 1 aliphatic rings. The van der Waals surface area contributed by atoms with Gasteiger partial charge in [0.2, 0.25) is 5.91 Å². The fourth-order valence-corrected chi connectivity index (χ4v) is 4.89. The van der Waals surface area contributed by atoms with Crippen molar-refractivity contribution in [2.75, 3.05) is 6.54 Å². The van der Waals surface area contributed by atoms with E-state index in [-0.39, 0.29) is 11.6 Å². The second-order valence-electron chi connectivity index (χ2n) is 7.13. The smallest absolute Gasteiger partial charge is 0.346 e. The fourth-order valence-electron chi connectivity index (χ4n) is 3.91. The van der Waals surface area contributed by atoms with E-state index in [4.69, 9.17) is 0 Å². The summed E-state index contributed by atoms with van der Waals surface area (Å²) in [6.07, 6.45) is 5.57. The van der Waals surface area contributed by atoms with Crippen LogP contribution in [0.1, 0.15) is 30.6 Å². The molecular formula is C20H23N5O2S. The van der Waals surface area contributed by atoms with Crippen LogP contribution >= 0.6 is 11.3 Å². The van der Waals surface area contributed by atoms with Crippen molar-refractivity contribution in [3.63, 3.8) is 0 Å². The first-order chi connectivity index (χ1) is 13.6. The molecule has 8 heteroatoms. The van der Waals surface area contributed by atoms with E-state index < -0.39 is 5.41 Å². The van der Waals surface area contributed by atoms with Gasteiger partial charge in [-0.05, 0) is 36.4 Å². The molecule has 28 heavy (non-hydrogen) atoms. The minimum absolute atomic E-state index is 0.0568. The molecule has 3 aromatic heterocycles. The first kappa shape index (κ1) is 18.6. The van der Waals surface area contributed by atoms with Gasteiger partial charge in [-0.1, -0.05) is 25.0 Å². The SMILES string of the molecule is Cn1c(-c2ccccn2)nn(CCNC(=O)C2(c3cccs3)CCCC2)c1=O. The predicted octanol–water partition coefficient (Wildman–Crippen LogP) is 2.33. The van der Waals surface area contributed by atoms with Crippen LogP contribution in [0, 0.1) is 0 Å². The number of hydrogen-bond donors (Lipinski definition) is 1. The number of nitrogens with zero attached hydrogens (tertiary/aromatic N) is 4. The molecule has 1 saturated carbocycles. The summed E-state index contributed by atoms with van der Waals surface area (Å²) in [5.41, 5.74) is 0.0127. The zero-order valence-electron chi connectivity index (χ0n) is 15.8. The van der Waals surface area contributed by atoms with Crippen LogP contribution < -0.4 is 11.0 Å². The van der Waals surface area contributed by atoms with E-state index >= 15 is 0 Å². The van der Waals surface area contributed by atoms with E-state index in [0.29, 0.717) is 24.6 Å². The zero-order valence-corrected chi connectivity index (χ0v) is 16.6. The summed E-state index contributed by atoms with van der Waals surface area (Å²) in [6, 6.07) is 9.55. The molecule has 0 spiro atoms. The van der Waals surface area contributed by atoms with Crippen molar-refractivity contribution in [1.82, 2.24) is 24.6 Å². The van der Waals surface area contributed by atoms with Gasteiger partial charge in [-0.2, -0.15) is 0 Å². The van der Waals surface area contributed by atoms with Crippen LogP contribution in [0.4, 0.5) is 0 Å². The molecule has 1 aliphatic carbocycles. The summed E-state index contributed by atoms with van der Waals surface area (Å²) in [6.45, 7) is 0.691. The number of nitrogens with one attached hydrogen (secondary N) is 1. The highest BCUT2D eigenvalue weighted by Crippen LogP contribution is 2.43. The standard InChI is InChI=1S/C20H23N5O2S/c1-24-17(15-7-2-5-11-21-15)23-25(19(24)27)13-12-22-18(26)20(9-3-4-10-20)16-8-6-14-28-16/h2,5-8,11,14H,3-4,9-10,12-13H2,1H3,(H,22,26). The second kappa shape index (κ2) is 7.71. The number of carbonyl (C=O) groups excluding carboxylic acids is 1. The van der Waals surface area contributed by atoms with Gasteiger partial charge in [0, 0.05) is 24.7 Å². The lowest BCUT2D eigenvalue weighted by molar-refractivity contribution is -0.126. The topological polar surface area (TPSA) is 81.8 Å². The minimum Gasteiger partial charge on any atom is -0.353 e. The third kappa shape index (κ3) is 3.28. The summed E-state index contributed by atoms with van der Waals surface area (Å²) in [5.74, 6) is 0.573. The fraction of sp³-hybridized carbons (Fsp3) is 0.400. The van der Waals surface area contributed by atoms with Gasteiger partial charge in [0.25, 0.3) is 0 Å². The molecule has 0 unspecified atom stereocenters. The van der Waals surface area contributed by atoms with Crippen LogP contribution in [0.25, 0.3) is 11.5 Å². The monoisotopic (exact) mass is 397 g/mol. The molecule has 1 fully saturated rings. The third-order valence-corrected chi connectivity index (χ3v) is 6.50. The summed E-state index contributed by atoms with van der Waals surface area (Å²) in [4.78, 5) is 30.9. The van der Waals surface area contributed by atoms with Gasteiger partial charge in [0.15, 0.2) is 5.82 Å². The van der Waals surface area contributed by atoms with Crippen molar-refractivity contribution in [2.45, 2.75) is 37.6 Å². The Bertz CT molecular complexity index is 1000. The van der Waals surface area contributed by atoms with Gasteiger partial charge in [-0.25, -0.2) is 9.48 Å². The van der Waals surface area contributed by atoms with Crippen molar-refractivity contribution in [1.29, 1.82) is 0 Å². The molecule has 7 nitrogen and oxygen atoms in total. The Morgan fingerprint density at radius 3 is 2.75 bits per heavy atom. The van der Waals surface area contributed by atoms with Crippen molar-refractivity contribution in [3.05, 3.63) is 57.3 Å². The lowest BCUT2D eigenvalue weighted by Crippen LogP contribution is -2.43.